The second kappa shape index (κ2) is 8.17. The zero-order valence-electron chi connectivity index (χ0n) is 14.8. The van der Waals surface area contributed by atoms with E-state index in [1.165, 1.54) is 12.8 Å². The number of carbonyl (C=O) groups excluding carboxylic acids is 1. The Morgan fingerprint density at radius 3 is 2.32 bits per heavy atom. The lowest BCUT2D eigenvalue weighted by Crippen LogP contribution is -2.38. The second-order valence-electron chi connectivity index (χ2n) is 6.87. The topological polar surface area (TPSA) is 58.4 Å². The van der Waals surface area contributed by atoms with Crippen LogP contribution in [0.3, 0.4) is 0 Å². The number of amides is 1. The van der Waals surface area contributed by atoms with Gasteiger partial charge in [0.25, 0.3) is 0 Å². The van der Waals surface area contributed by atoms with Gasteiger partial charge in [0.05, 0.1) is 12.0 Å². The molecule has 1 amide bonds. The predicted molar refractivity (Wildman–Crippen MR) is 102 cm³/mol. The summed E-state index contributed by atoms with van der Waals surface area (Å²) in [4.78, 5) is 15.3. The average molecular weight is 337 g/mol. The molecule has 4 nitrogen and oxygen atoms in total. The minimum Gasteiger partial charge on any atom is -0.399 e. The molecule has 2 unspecified atom stereocenters. The van der Waals surface area contributed by atoms with Crippen LogP contribution in [0.5, 0.6) is 0 Å². The molecular formula is C21H27N3O. The fourth-order valence-electron chi connectivity index (χ4n) is 3.38. The first-order chi connectivity index (χ1) is 12.1. The fourth-order valence-corrected chi connectivity index (χ4v) is 3.38. The molecule has 0 saturated carbocycles. The number of nitrogens with zero attached hydrogens (tertiary/aromatic N) is 1. The number of nitrogen functional groups attached to an aromatic ring is 1. The third-order valence-corrected chi connectivity index (χ3v) is 4.99. The molecule has 25 heavy (non-hydrogen) atoms. The van der Waals surface area contributed by atoms with E-state index in [9.17, 15) is 4.79 Å². The molecule has 4 heteroatoms. The van der Waals surface area contributed by atoms with Crippen LogP contribution in [-0.2, 0) is 4.79 Å². The second-order valence-corrected chi connectivity index (χ2v) is 6.87. The van der Waals surface area contributed by atoms with Crippen molar-refractivity contribution in [1.29, 1.82) is 0 Å². The van der Waals surface area contributed by atoms with E-state index in [0.29, 0.717) is 5.69 Å². The van der Waals surface area contributed by atoms with E-state index in [0.717, 1.165) is 30.8 Å². The van der Waals surface area contributed by atoms with Crippen LogP contribution in [0.1, 0.15) is 42.9 Å². The van der Waals surface area contributed by atoms with Gasteiger partial charge in [-0.15, -0.1) is 0 Å². The quantitative estimate of drug-likeness (QED) is 0.795. The molecule has 1 heterocycles. The smallest absolute Gasteiger partial charge is 0.227 e. The van der Waals surface area contributed by atoms with E-state index in [2.05, 4.69) is 22.3 Å². The molecule has 1 aliphatic rings. The van der Waals surface area contributed by atoms with Crippen molar-refractivity contribution in [2.45, 2.75) is 31.7 Å². The minimum absolute atomic E-state index is 0.0167. The highest BCUT2D eigenvalue weighted by atomic mass is 16.1. The van der Waals surface area contributed by atoms with E-state index in [1.807, 2.05) is 49.4 Å². The van der Waals surface area contributed by atoms with Crippen molar-refractivity contribution < 1.29 is 4.79 Å². The maximum atomic E-state index is 12.8. The number of anilines is 1. The van der Waals surface area contributed by atoms with Gasteiger partial charge in [0.15, 0.2) is 0 Å². The highest BCUT2D eigenvalue weighted by Gasteiger charge is 2.23. The van der Waals surface area contributed by atoms with Crippen LogP contribution in [0.25, 0.3) is 0 Å². The van der Waals surface area contributed by atoms with Crippen LogP contribution in [0.4, 0.5) is 5.69 Å². The Balaban J connectivity index is 1.72. The third kappa shape index (κ3) is 4.60. The van der Waals surface area contributed by atoms with Gasteiger partial charge in [0.2, 0.25) is 5.91 Å². The largest absolute Gasteiger partial charge is 0.399 e. The Labute approximate surface area is 150 Å². The molecule has 1 saturated heterocycles. The molecule has 0 bridgehead atoms. The Bertz CT molecular complexity index is 678. The maximum Gasteiger partial charge on any atom is 0.227 e. The number of nitrogens with two attached hydrogens (primary N) is 1. The summed E-state index contributed by atoms with van der Waals surface area (Å²) in [5, 5.41) is 3.26. The lowest BCUT2D eigenvalue weighted by molar-refractivity contribution is -0.123. The number of rotatable bonds is 6. The molecule has 3 rings (SSSR count). The maximum absolute atomic E-state index is 12.8. The Hall–Kier alpha value is -2.33. The Morgan fingerprint density at radius 1 is 1.04 bits per heavy atom. The van der Waals surface area contributed by atoms with E-state index < -0.39 is 0 Å². The van der Waals surface area contributed by atoms with Gasteiger partial charge in [0.1, 0.15) is 0 Å². The number of carbonyl (C=O) groups is 1. The molecule has 2 aromatic rings. The van der Waals surface area contributed by atoms with E-state index in [1.54, 1.807) is 0 Å². The predicted octanol–water partition coefficient (Wildman–Crippen LogP) is 3.33. The number of hydrogen-bond donors (Lipinski definition) is 2. The highest BCUT2D eigenvalue weighted by Crippen LogP contribution is 2.21. The zero-order chi connectivity index (χ0) is 17.6. The molecular weight excluding hydrogens is 310 g/mol. The molecule has 2 aromatic carbocycles. The number of likely N-dealkylation sites (tertiary alicyclic amines) is 1. The Morgan fingerprint density at radius 2 is 1.68 bits per heavy atom. The van der Waals surface area contributed by atoms with Gasteiger partial charge < -0.3 is 16.0 Å². The lowest BCUT2D eigenvalue weighted by atomic mass is 9.98. The fraction of sp³-hybridized carbons (Fsp3) is 0.381. The van der Waals surface area contributed by atoms with Crippen molar-refractivity contribution in [3.8, 4) is 0 Å². The molecule has 0 spiro atoms. The molecule has 0 aromatic heterocycles. The van der Waals surface area contributed by atoms with Gasteiger partial charge in [0, 0.05) is 12.2 Å². The molecule has 0 radical (unpaired) electrons. The van der Waals surface area contributed by atoms with Gasteiger partial charge in [-0.05, 0) is 56.1 Å². The van der Waals surface area contributed by atoms with Crippen LogP contribution in [0, 0.1) is 0 Å². The van der Waals surface area contributed by atoms with Crippen LogP contribution >= 0.6 is 0 Å². The standard InChI is InChI=1S/C21H27N3O/c1-16(17-9-11-19(22)12-10-17)21(25)23-20(15-24-13-5-6-14-24)18-7-3-2-4-8-18/h2-4,7-12,16,20H,5-6,13-15,22H2,1H3,(H,23,25). The average Bonchev–Trinajstić information content (AvgIpc) is 3.15. The first kappa shape index (κ1) is 17.5. The van der Waals surface area contributed by atoms with E-state index >= 15 is 0 Å². The van der Waals surface area contributed by atoms with Crippen molar-refractivity contribution in [2.24, 2.45) is 0 Å². The number of hydrogen-bond acceptors (Lipinski definition) is 3. The van der Waals surface area contributed by atoms with Crippen molar-refractivity contribution in [2.75, 3.05) is 25.4 Å². The summed E-state index contributed by atoms with van der Waals surface area (Å²) in [6.45, 7) is 5.04. The molecule has 2 atom stereocenters. The summed E-state index contributed by atoms with van der Waals surface area (Å²) in [5.41, 5.74) is 8.61. The van der Waals surface area contributed by atoms with Crippen molar-refractivity contribution in [3.63, 3.8) is 0 Å². The monoisotopic (exact) mass is 337 g/mol. The minimum atomic E-state index is -0.203. The van der Waals surface area contributed by atoms with Gasteiger partial charge in [-0.25, -0.2) is 0 Å². The van der Waals surface area contributed by atoms with Gasteiger partial charge in [-0.2, -0.15) is 0 Å². The van der Waals surface area contributed by atoms with Crippen LogP contribution in [0.15, 0.2) is 54.6 Å². The zero-order valence-corrected chi connectivity index (χ0v) is 14.8. The van der Waals surface area contributed by atoms with Crippen LogP contribution in [-0.4, -0.2) is 30.4 Å². The normalized spacial score (nSPS) is 17.2. The summed E-state index contributed by atoms with van der Waals surface area (Å²) in [5.74, 6) is -0.150. The summed E-state index contributed by atoms with van der Waals surface area (Å²) >= 11 is 0. The SMILES string of the molecule is CC(C(=O)NC(CN1CCCC1)c1ccccc1)c1ccc(N)cc1. The molecule has 1 fully saturated rings. The highest BCUT2D eigenvalue weighted by molar-refractivity contribution is 5.83. The van der Waals surface area contributed by atoms with Crippen LogP contribution < -0.4 is 11.1 Å². The summed E-state index contributed by atoms with van der Waals surface area (Å²) in [7, 11) is 0. The summed E-state index contributed by atoms with van der Waals surface area (Å²) in [6.07, 6.45) is 2.49. The van der Waals surface area contributed by atoms with Crippen molar-refractivity contribution in [3.05, 3.63) is 65.7 Å². The van der Waals surface area contributed by atoms with Gasteiger partial charge in [-0.1, -0.05) is 42.5 Å². The van der Waals surface area contributed by atoms with Crippen molar-refractivity contribution >= 4 is 11.6 Å². The third-order valence-electron chi connectivity index (χ3n) is 4.99. The van der Waals surface area contributed by atoms with E-state index in [-0.39, 0.29) is 17.9 Å². The molecule has 3 N–H and O–H groups in total. The first-order valence-electron chi connectivity index (χ1n) is 9.06. The summed E-state index contributed by atoms with van der Waals surface area (Å²) < 4.78 is 0. The Kier molecular flexibility index (Phi) is 5.71. The molecule has 132 valence electrons. The van der Waals surface area contributed by atoms with Gasteiger partial charge in [-0.3, -0.25) is 4.79 Å². The number of benzene rings is 2. The lowest BCUT2D eigenvalue weighted by Gasteiger charge is -2.26. The molecule has 0 aliphatic carbocycles. The van der Waals surface area contributed by atoms with Crippen molar-refractivity contribution in [1.82, 2.24) is 10.2 Å². The van der Waals surface area contributed by atoms with Gasteiger partial charge >= 0.3 is 0 Å². The number of nitrogens with one attached hydrogen (secondary N) is 1. The summed E-state index contributed by atoms with van der Waals surface area (Å²) in [6, 6.07) is 17.8. The van der Waals surface area contributed by atoms with E-state index in [4.69, 9.17) is 5.73 Å². The first-order valence-corrected chi connectivity index (χ1v) is 9.06. The molecule has 1 aliphatic heterocycles. The van der Waals surface area contributed by atoms with Crippen LogP contribution in [0.2, 0.25) is 0 Å².